The van der Waals surface area contributed by atoms with E-state index in [9.17, 15) is 0 Å². The van der Waals surface area contributed by atoms with E-state index < -0.39 is 0 Å². The molecule has 0 amide bonds. The Kier molecular flexibility index (Phi) is 4.14. The normalized spacial score (nSPS) is 21.2. The van der Waals surface area contributed by atoms with E-state index in [2.05, 4.69) is 39.8 Å². The molecular formula is C16H25ClS. The largest absolute Gasteiger partial charge is 0.143 e. The standard InChI is InChI=1S/C16H25ClS/c1-5-16(10-6-7-11-16)14(17)12-8-9-13(18-12)15(2,3)4/h8-9,14H,5-7,10-11H2,1-4H3. The Morgan fingerprint density at radius 1 is 1.28 bits per heavy atom. The molecule has 1 fully saturated rings. The van der Waals surface area contributed by atoms with Gasteiger partial charge in [0.15, 0.2) is 0 Å². The second-order valence-electron chi connectivity index (χ2n) is 6.74. The van der Waals surface area contributed by atoms with Gasteiger partial charge in [-0.25, -0.2) is 0 Å². The van der Waals surface area contributed by atoms with Crippen molar-refractivity contribution in [3.63, 3.8) is 0 Å². The molecule has 0 radical (unpaired) electrons. The van der Waals surface area contributed by atoms with Crippen LogP contribution in [0.4, 0.5) is 0 Å². The third kappa shape index (κ3) is 2.63. The third-order valence-electron chi connectivity index (χ3n) is 4.46. The smallest absolute Gasteiger partial charge is 0.0734 e. The van der Waals surface area contributed by atoms with Crippen molar-refractivity contribution >= 4 is 22.9 Å². The molecule has 0 saturated heterocycles. The van der Waals surface area contributed by atoms with Gasteiger partial charge in [0.05, 0.1) is 5.38 Å². The Hall–Kier alpha value is -0.0100. The van der Waals surface area contributed by atoms with Crippen LogP contribution in [0, 0.1) is 5.41 Å². The lowest BCUT2D eigenvalue weighted by molar-refractivity contribution is 0.273. The molecule has 18 heavy (non-hydrogen) atoms. The second kappa shape index (κ2) is 5.17. The van der Waals surface area contributed by atoms with Crippen LogP contribution in [0.15, 0.2) is 12.1 Å². The van der Waals surface area contributed by atoms with Crippen molar-refractivity contribution in [2.45, 2.75) is 70.6 Å². The molecular weight excluding hydrogens is 260 g/mol. The van der Waals surface area contributed by atoms with Crippen LogP contribution in [0.1, 0.15) is 74.9 Å². The number of hydrogen-bond donors (Lipinski definition) is 0. The minimum Gasteiger partial charge on any atom is -0.143 e. The molecule has 1 atom stereocenters. The van der Waals surface area contributed by atoms with Gasteiger partial charge in [0.1, 0.15) is 0 Å². The molecule has 1 saturated carbocycles. The maximum atomic E-state index is 6.84. The van der Waals surface area contributed by atoms with Crippen molar-refractivity contribution in [3.05, 3.63) is 21.9 Å². The molecule has 0 aliphatic heterocycles. The summed E-state index contributed by atoms with van der Waals surface area (Å²) in [4.78, 5) is 2.83. The molecule has 1 unspecified atom stereocenters. The zero-order valence-corrected chi connectivity index (χ0v) is 13.6. The van der Waals surface area contributed by atoms with Crippen LogP contribution in [0.2, 0.25) is 0 Å². The van der Waals surface area contributed by atoms with Crippen LogP contribution < -0.4 is 0 Å². The van der Waals surface area contributed by atoms with Crippen molar-refractivity contribution < 1.29 is 0 Å². The summed E-state index contributed by atoms with van der Waals surface area (Å²) < 4.78 is 0. The highest BCUT2D eigenvalue weighted by atomic mass is 35.5. The zero-order chi connectivity index (χ0) is 13.4. The highest BCUT2D eigenvalue weighted by molar-refractivity contribution is 7.12. The first-order valence-electron chi connectivity index (χ1n) is 7.13. The molecule has 0 spiro atoms. The van der Waals surface area contributed by atoms with Crippen molar-refractivity contribution in [1.29, 1.82) is 0 Å². The molecule has 2 rings (SSSR count). The van der Waals surface area contributed by atoms with E-state index in [4.69, 9.17) is 11.6 Å². The van der Waals surface area contributed by atoms with Crippen molar-refractivity contribution in [3.8, 4) is 0 Å². The number of alkyl halides is 1. The van der Waals surface area contributed by atoms with Crippen molar-refractivity contribution in [2.75, 3.05) is 0 Å². The fourth-order valence-corrected chi connectivity index (χ4v) is 4.82. The molecule has 1 aromatic heterocycles. The Labute approximate surface area is 121 Å². The molecule has 0 aromatic carbocycles. The average Bonchev–Trinajstić information content (AvgIpc) is 2.97. The Morgan fingerprint density at radius 2 is 1.89 bits per heavy atom. The van der Waals surface area contributed by atoms with Crippen LogP contribution in [0.25, 0.3) is 0 Å². The van der Waals surface area contributed by atoms with Crippen molar-refractivity contribution in [2.24, 2.45) is 5.41 Å². The summed E-state index contributed by atoms with van der Waals surface area (Å²) in [5.74, 6) is 0. The first-order valence-corrected chi connectivity index (χ1v) is 8.39. The van der Waals surface area contributed by atoms with Crippen LogP contribution in [0.3, 0.4) is 0 Å². The molecule has 1 aliphatic carbocycles. The Morgan fingerprint density at radius 3 is 2.33 bits per heavy atom. The summed E-state index contributed by atoms with van der Waals surface area (Å²) in [6.07, 6.45) is 6.54. The van der Waals surface area contributed by atoms with E-state index in [1.807, 2.05) is 11.3 Å². The van der Waals surface area contributed by atoms with E-state index in [0.29, 0.717) is 5.41 Å². The van der Waals surface area contributed by atoms with Gasteiger partial charge >= 0.3 is 0 Å². The topological polar surface area (TPSA) is 0 Å². The van der Waals surface area contributed by atoms with Gasteiger partial charge in [-0.1, -0.05) is 40.5 Å². The lowest BCUT2D eigenvalue weighted by atomic mass is 9.79. The average molecular weight is 285 g/mol. The van der Waals surface area contributed by atoms with Gasteiger partial charge in [-0.05, 0) is 42.2 Å². The zero-order valence-electron chi connectivity index (χ0n) is 12.1. The quantitative estimate of drug-likeness (QED) is 0.572. The van der Waals surface area contributed by atoms with Gasteiger partial charge in [-0.15, -0.1) is 22.9 Å². The van der Waals surface area contributed by atoms with Gasteiger partial charge in [0.25, 0.3) is 0 Å². The van der Waals surface area contributed by atoms with Gasteiger partial charge in [-0.2, -0.15) is 0 Å². The molecule has 0 nitrogen and oxygen atoms in total. The maximum Gasteiger partial charge on any atom is 0.0734 e. The Balaban J connectivity index is 2.23. The minimum absolute atomic E-state index is 0.214. The van der Waals surface area contributed by atoms with Crippen molar-refractivity contribution in [1.82, 2.24) is 0 Å². The van der Waals surface area contributed by atoms with Crippen LogP contribution in [-0.4, -0.2) is 0 Å². The predicted octanol–water partition coefficient (Wildman–Crippen LogP) is 6.30. The molecule has 102 valence electrons. The molecule has 2 heteroatoms. The number of hydrogen-bond acceptors (Lipinski definition) is 1. The first-order chi connectivity index (χ1) is 8.39. The maximum absolute atomic E-state index is 6.84. The third-order valence-corrected chi connectivity index (χ3v) is 6.86. The van der Waals surface area contributed by atoms with Gasteiger partial charge in [0, 0.05) is 9.75 Å². The van der Waals surface area contributed by atoms with Gasteiger partial charge in [-0.3, -0.25) is 0 Å². The monoisotopic (exact) mass is 284 g/mol. The Bertz CT molecular complexity index is 393. The van der Waals surface area contributed by atoms with E-state index in [-0.39, 0.29) is 10.8 Å². The summed E-state index contributed by atoms with van der Waals surface area (Å²) in [6.45, 7) is 9.13. The molecule has 1 aromatic rings. The van der Waals surface area contributed by atoms with Crippen LogP contribution in [0.5, 0.6) is 0 Å². The summed E-state index contributed by atoms with van der Waals surface area (Å²) in [5, 5.41) is 0.214. The summed E-state index contributed by atoms with van der Waals surface area (Å²) >= 11 is 8.76. The number of rotatable bonds is 3. The molecule has 0 N–H and O–H groups in total. The minimum atomic E-state index is 0.214. The summed E-state index contributed by atoms with van der Waals surface area (Å²) in [7, 11) is 0. The van der Waals surface area contributed by atoms with Gasteiger partial charge < -0.3 is 0 Å². The highest BCUT2D eigenvalue weighted by Gasteiger charge is 2.40. The summed E-state index contributed by atoms with van der Waals surface area (Å²) in [5.41, 5.74) is 0.607. The highest BCUT2D eigenvalue weighted by Crippen LogP contribution is 2.54. The summed E-state index contributed by atoms with van der Waals surface area (Å²) in [6, 6.07) is 4.53. The molecule has 0 bridgehead atoms. The molecule has 1 aliphatic rings. The van der Waals surface area contributed by atoms with E-state index >= 15 is 0 Å². The number of thiophene rings is 1. The second-order valence-corrected chi connectivity index (χ2v) is 8.29. The fourth-order valence-electron chi connectivity index (χ4n) is 3.06. The van der Waals surface area contributed by atoms with E-state index in [1.54, 1.807) is 0 Å². The SMILES string of the molecule is CCC1(C(Cl)c2ccc(C(C)(C)C)s2)CCCC1. The first kappa shape index (κ1) is 14.4. The predicted molar refractivity (Wildman–Crippen MR) is 82.8 cm³/mol. The van der Waals surface area contributed by atoms with Gasteiger partial charge in [0.2, 0.25) is 0 Å². The lowest BCUT2D eigenvalue weighted by Crippen LogP contribution is -2.20. The van der Waals surface area contributed by atoms with E-state index in [1.165, 1.54) is 41.9 Å². The fraction of sp³-hybridized carbons (Fsp3) is 0.750. The number of halogens is 1. The van der Waals surface area contributed by atoms with E-state index in [0.717, 1.165) is 0 Å². The molecule has 1 heterocycles. The lowest BCUT2D eigenvalue weighted by Gasteiger charge is -2.32. The van der Waals surface area contributed by atoms with Crippen LogP contribution >= 0.6 is 22.9 Å². The van der Waals surface area contributed by atoms with Crippen LogP contribution in [-0.2, 0) is 5.41 Å².